The van der Waals surface area contributed by atoms with E-state index in [0.717, 1.165) is 76.8 Å². The zero-order chi connectivity index (χ0) is 41.4. The first-order valence-electron chi connectivity index (χ1n) is 21.9. The van der Waals surface area contributed by atoms with Crippen LogP contribution >= 0.6 is 0 Å². The minimum Gasteiger partial charge on any atom is -0.336 e. The third kappa shape index (κ3) is 6.78. The molecule has 0 saturated heterocycles. The van der Waals surface area contributed by atoms with Crippen molar-refractivity contribution >= 4 is 16.8 Å². The number of fused-ring (bicyclic) bond motifs is 3. The first-order valence-corrected chi connectivity index (χ1v) is 21.9. The Morgan fingerprint density at radius 2 is 1.13 bits per heavy atom. The van der Waals surface area contributed by atoms with Crippen molar-refractivity contribution in [3.63, 3.8) is 0 Å². The summed E-state index contributed by atoms with van der Waals surface area (Å²) in [6.07, 6.45) is 16.3. The molecule has 0 bridgehead atoms. The van der Waals surface area contributed by atoms with Crippen LogP contribution in [0, 0.1) is 0 Å². The molecule has 6 aromatic carbocycles. The van der Waals surface area contributed by atoms with Gasteiger partial charge in [0.15, 0.2) is 17.5 Å². The minimum absolute atomic E-state index is 0.00175. The van der Waals surface area contributed by atoms with Crippen LogP contribution in [0.2, 0.25) is 0 Å². The van der Waals surface area contributed by atoms with Crippen LogP contribution in [0.4, 0.5) is 0 Å². The number of hydrogen-bond donors (Lipinski definition) is 0. The monoisotopic (exact) mass is 798 g/mol. The van der Waals surface area contributed by atoms with E-state index in [1.807, 2.05) is 0 Å². The van der Waals surface area contributed by atoms with Crippen LogP contribution in [-0.4, -0.2) is 19.9 Å². The Kier molecular flexibility index (Phi) is 9.82. The topological polar surface area (TPSA) is 41.9 Å². The number of aromatic nitrogens is 3. The van der Waals surface area contributed by atoms with E-state index in [2.05, 4.69) is 199 Å². The molecule has 0 N–H and O–H groups in total. The van der Waals surface area contributed by atoms with Gasteiger partial charge >= 0.3 is 0 Å². The lowest BCUT2D eigenvalue weighted by atomic mass is 9.74. The average Bonchev–Trinajstić information content (AvgIpc) is 3.71. The third-order valence-electron chi connectivity index (χ3n) is 12.8. The highest BCUT2D eigenvalue weighted by molar-refractivity contribution is 6.04. The van der Waals surface area contributed by atoms with E-state index in [4.69, 9.17) is 21.5 Å². The summed E-state index contributed by atoms with van der Waals surface area (Å²) in [5.41, 5.74) is 17.8. The number of hydrogen-bond acceptors (Lipinski definition) is 4. The molecule has 2 aliphatic carbocycles. The van der Waals surface area contributed by atoms with Gasteiger partial charge in [-0.05, 0) is 81.8 Å². The number of benzene rings is 6. The summed E-state index contributed by atoms with van der Waals surface area (Å²) in [6, 6.07) is 58.6. The fourth-order valence-corrected chi connectivity index (χ4v) is 10.0. The van der Waals surface area contributed by atoms with Crippen LogP contribution in [0.25, 0.3) is 50.7 Å². The average molecular weight is 799 g/mol. The molecular formula is C58H46N4. The second-order valence-corrected chi connectivity index (χ2v) is 16.5. The molecule has 62 heavy (non-hydrogen) atoms. The van der Waals surface area contributed by atoms with Crippen molar-refractivity contribution in [1.29, 1.82) is 0 Å². The Hall–Kier alpha value is -7.43. The summed E-state index contributed by atoms with van der Waals surface area (Å²) in [5.74, 6) is 1.99. The van der Waals surface area contributed by atoms with Gasteiger partial charge in [0.05, 0.1) is 11.7 Å². The van der Waals surface area contributed by atoms with Gasteiger partial charge < -0.3 is 4.90 Å². The normalized spacial score (nSPS) is 18.2. The number of rotatable bonds is 8. The molecule has 4 aliphatic rings. The quantitative estimate of drug-likeness (QED) is 0.154. The maximum absolute atomic E-state index is 5.39. The molecule has 4 heteroatoms. The highest BCUT2D eigenvalue weighted by atomic mass is 15.2. The molecule has 0 saturated carbocycles. The summed E-state index contributed by atoms with van der Waals surface area (Å²) in [5, 5.41) is 0. The van der Waals surface area contributed by atoms with Gasteiger partial charge in [0.25, 0.3) is 0 Å². The molecule has 0 fully saturated rings. The summed E-state index contributed by atoms with van der Waals surface area (Å²) >= 11 is 0. The Labute approximate surface area is 364 Å². The van der Waals surface area contributed by atoms with E-state index < -0.39 is 0 Å². The molecule has 11 rings (SSSR count). The molecule has 0 spiro atoms. The molecule has 2 unspecified atom stereocenters. The lowest BCUT2D eigenvalue weighted by molar-refractivity contribution is 0.327. The van der Waals surface area contributed by atoms with E-state index in [-0.39, 0.29) is 12.0 Å². The van der Waals surface area contributed by atoms with Crippen molar-refractivity contribution in [3.05, 3.63) is 251 Å². The van der Waals surface area contributed by atoms with Gasteiger partial charge in [-0.1, -0.05) is 195 Å². The first-order chi connectivity index (χ1) is 30.7. The zero-order valence-electron chi connectivity index (χ0n) is 34.7. The van der Waals surface area contributed by atoms with Crippen LogP contribution in [0.15, 0.2) is 218 Å². The smallest absolute Gasteiger partial charge is 0.164 e. The fraction of sp³-hybridized carbons (Fsp3) is 0.121. The summed E-state index contributed by atoms with van der Waals surface area (Å²) < 4.78 is 0. The van der Waals surface area contributed by atoms with Crippen LogP contribution in [0.5, 0.6) is 0 Å². The second kappa shape index (κ2) is 16.2. The van der Waals surface area contributed by atoms with Crippen LogP contribution in [0.3, 0.4) is 0 Å². The molecule has 298 valence electrons. The van der Waals surface area contributed by atoms with Gasteiger partial charge in [-0.25, -0.2) is 15.0 Å². The molecule has 7 aromatic rings. The summed E-state index contributed by atoms with van der Waals surface area (Å²) in [4.78, 5) is 18.7. The Morgan fingerprint density at radius 3 is 1.89 bits per heavy atom. The minimum atomic E-state index is -0.00530. The van der Waals surface area contributed by atoms with E-state index in [1.165, 1.54) is 39.1 Å². The van der Waals surface area contributed by atoms with Crippen LogP contribution < -0.4 is 0 Å². The third-order valence-corrected chi connectivity index (χ3v) is 12.8. The largest absolute Gasteiger partial charge is 0.336 e. The Bertz CT molecular complexity index is 3010. The molecule has 2 atom stereocenters. The summed E-state index contributed by atoms with van der Waals surface area (Å²) in [6.45, 7) is 4.78. The highest BCUT2D eigenvalue weighted by Crippen LogP contribution is 2.57. The van der Waals surface area contributed by atoms with E-state index in [9.17, 15) is 0 Å². The van der Waals surface area contributed by atoms with Gasteiger partial charge in [0, 0.05) is 40.3 Å². The second-order valence-electron chi connectivity index (χ2n) is 16.5. The predicted octanol–water partition coefficient (Wildman–Crippen LogP) is 14.2. The van der Waals surface area contributed by atoms with E-state index in [1.54, 1.807) is 0 Å². The SMILES string of the molecule is C=C1CC(C2=CC=CCC2)=C2c3ccccc3C(c3cccc(-c4nc(C5=CCCC=C5c5ccccc5)nc(-c5ccccc5-c5ccccc5)n4)c3)C(c3ccccc3)N12. The lowest BCUT2D eigenvalue weighted by Crippen LogP contribution is -2.34. The molecular weight excluding hydrogens is 753 g/mol. The van der Waals surface area contributed by atoms with Crippen molar-refractivity contribution in [2.24, 2.45) is 0 Å². The van der Waals surface area contributed by atoms with Gasteiger partial charge in [0.1, 0.15) is 0 Å². The van der Waals surface area contributed by atoms with Crippen LogP contribution in [-0.2, 0) is 0 Å². The van der Waals surface area contributed by atoms with Gasteiger partial charge in [-0.2, -0.15) is 0 Å². The lowest BCUT2D eigenvalue weighted by Gasteiger charge is -2.44. The van der Waals surface area contributed by atoms with Gasteiger partial charge in [0.2, 0.25) is 0 Å². The highest BCUT2D eigenvalue weighted by Gasteiger charge is 2.44. The van der Waals surface area contributed by atoms with Gasteiger partial charge in [-0.15, -0.1) is 0 Å². The molecule has 3 heterocycles. The van der Waals surface area contributed by atoms with Crippen molar-refractivity contribution in [2.75, 3.05) is 0 Å². The number of allylic oxidation sites excluding steroid dienone is 9. The zero-order valence-corrected chi connectivity index (χ0v) is 34.7. The van der Waals surface area contributed by atoms with Crippen molar-refractivity contribution in [2.45, 2.75) is 44.1 Å². The fourth-order valence-electron chi connectivity index (χ4n) is 10.0. The molecule has 2 aliphatic heterocycles. The Morgan fingerprint density at radius 1 is 0.516 bits per heavy atom. The standard InChI is InChI=1S/C58H46N4/c1-39-37-52(42-25-10-4-11-26-42)55-49-34-17-16-33-48(49)53(54(62(39)55)43-27-12-5-13-28-43)44-29-20-30-45(38-44)56-59-57(50-35-18-14-31-46(50)40-21-6-2-7-22-40)61-58(60-56)51-36-19-15-32-47(51)41-23-8-3-9-24-41/h2-10,12-14,16-18,20-25,27-36,38,53-54H,1,11,15,19,26,37H2. The Balaban J connectivity index is 1.10. The van der Waals surface area contributed by atoms with Crippen molar-refractivity contribution < 1.29 is 0 Å². The van der Waals surface area contributed by atoms with Gasteiger partial charge in [-0.3, -0.25) is 0 Å². The molecule has 1 aromatic heterocycles. The molecule has 4 nitrogen and oxygen atoms in total. The van der Waals surface area contributed by atoms with Crippen LogP contribution in [0.1, 0.15) is 77.7 Å². The predicted molar refractivity (Wildman–Crippen MR) is 254 cm³/mol. The summed E-state index contributed by atoms with van der Waals surface area (Å²) in [7, 11) is 0. The maximum atomic E-state index is 5.39. The first kappa shape index (κ1) is 37.6. The van der Waals surface area contributed by atoms with E-state index in [0.29, 0.717) is 17.5 Å². The van der Waals surface area contributed by atoms with Crippen molar-refractivity contribution in [1.82, 2.24) is 19.9 Å². The maximum Gasteiger partial charge on any atom is 0.164 e. The van der Waals surface area contributed by atoms with Crippen molar-refractivity contribution in [3.8, 4) is 33.9 Å². The molecule has 0 radical (unpaired) electrons. The van der Waals surface area contributed by atoms with E-state index >= 15 is 0 Å². The number of nitrogens with zero attached hydrogens (tertiary/aromatic N) is 4. The molecule has 0 amide bonds.